The summed E-state index contributed by atoms with van der Waals surface area (Å²) in [5.74, 6) is 0.454. The minimum Gasteiger partial charge on any atom is -0.407 e. The Balaban J connectivity index is 1.63. The molecule has 1 aliphatic heterocycles. The first-order valence-corrected chi connectivity index (χ1v) is 6.79. The molecule has 3 N–H and O–H groups in total. The number of nitrogens with zero attached hydrogens (tertiary/aromatic N) is 3. The number of rotatable bonds is 4. The van der Waals surface area contributed by atoms with Gasteiger partial charge in [-0.2, -0.15) is 0 Å². The maximum Gasteiger partial charge on any atom is 0.315 e. The maximum atomic E-state index is 5.45. The second kappa shape index (κ2) is 5.60. The highest BCUT2D eigenvalue weighted by Crippen LogP contribution is 2.22. The van der Waals surface area contributed by atoms with E-state index in [0.29, 0.717) is 17.9 Å². The quantitative estimate of drug-likeness (QED) is 0.865. The summed E-state index contributed by atoms with van der Waals surface area (Å²) >= 11 is 0. The summed E-state index contributed by atoms with van der Waals surface area (Å²) in [4.78, 5) is 2.34. The highest BCUT2D eigenvalue weighted by atomic mass is 16.4. The summed E-state index contributed by atoms with van der Waals surface area (Å²) in [6.45, 7) is 2.02. The van der Waals surface area contributed by atoms with Gasteiger partial charge in [0.15, 0.2) is 0 Å². The molecule has 3 rings (SSSR count). The molecule has 0 saturated heterocycles. The second-order valence-corrected chi connectivity index (χ2v) is 5.13. The van der Waals surface area contributed by atoms with Gasteiger partial charge in [0, 0.05) is 19.1 Å². The van der Waals surface area contributed by atoms with Crippen LogP contribution in [0.4, 0.5) is 6.01 Å². The van der Waals surface area contributed by atoms with Crippen molar-refractivity contribution in [3.8, 4) is 0 Å². The number of hydrogen-bond acceptors (Lipinski definition) is 6. The predicted molar refractivity (Wildman–Crippen MR) is 76.1 cm³/mol. The predicted octanol–water partition coefficient (Wildman–Crippen LogP) is 0.997. The fourth-order valence-electron chi connectivity index (χ4n) is 2.56. The molecule has 0 radical (unpaired) electrons. The van der Waals surface area contributed by atoms with Gasteiger partial charge in [-0.05, 0) is 24.6 Å². The van der Waals surface area contributed by atoms with Crippen LogP contribution in [0.15, 0.2) is 28.7 Å². The molecule has 0 amide bonds. The van der Waals surface area contributed by atoms with E-state index >= 15 is 0 Å². The number of aromatic nitrogens is 2. The lowest BCUT2D eigenvalue weighted by Gasteiger charge is -2.33. The topological polar surface area (TPSA) is 80.2 Å². The van der Waals surface area contributed by atoms with Crippen molar-refractivity contribution < 1.29 is 4.42 Å². The Morgan fingerprint density at radius 1 is 1.35 bits per heavy atom. The van der Waals surface area contributed by atoms with E-state index in [-0.39, 0.29) is 6.54 Å². The van der Waals surface area contributed by atoms with Gasteiger partial charge in [-0.25, -0.2) is 0 Å². The summed E-state index contributed by atoms with van der Waals surface area (Å²) < 4.78 is 5.35. The molecular formula is C14H19N5O. The Bertz CT molecular complexity index is 582. The molecule has 2 aromatic rings. The molecule has 20 heavy (non-hydrogen) atoms. The summed E-state index contributed by atoms with van der Waals surface area (Å²) in [5.41, 5.74) is 8.28. The van der Waals surface area contributed by atoms with Crippen LogP contribution in [-0.4, -0.2) is 34.7 Å². The fraction of sp³-hybridized carbons (Fsp3) is 0.429. The molecule has 106 valence electrons. The molecule has 1 aromatic carbocycles. The molecule has 0 saturated carbocycles. The summed E-state index contributed by atoms with van der Waals surface area (Å²) in [6.07, 6.45) is 1.03. The molecule has 0 aliphatic carbocycles. The lowest BCUT2D eigenvalue weighted by Crippen LogP contribution is -2.42. The first-order valence-electron chi connectivity index (χ1n) is 6.79. The number of anilines is 1. The third-order valence-corrected chi connectivity index (χ3v) is 3.75. The van der Waals surface area contributed by atoms with Crippen molar-refractivity contribution in [1.29, 1.82) is 0 Å². The van der Waals surface area contributed by atoms with Gasteiger partial charge in [-0.3, -0.25) is 4.90 Å². The molecule has 1 atom stereocenters. The lowest BCUT2D eigenvalue weighted by molar-refractivity contribution is 0.224. The van der Waals surface area contributed by atoms with Crippen LogP contribution in [0.1, 0.15) is 17.0 Å². The lowest BCUT2D eigenvalue weighted by atomic mass is 9.94. The largest absolute Gasteiger partial charge is 0.407 e. The van der Waals surface area contributed by atoms with E-state index < -0.39 is 0 Å². The summed E-state index contributed by atoms with van der Waals surface area (Å²) in [5, 5.41) is 10.9. The number of benzene rings is 1. The van der Waals surface area contributed by atoms with Gasteiger partial charge >= 0.3 is 6.01 Å². The van der Waals surface area contributed by atoms with Gasteiger partial charge in [-0.1, -0.05) is 29.4 Å². The van der Waals surface area contributed by atoms with Crippen molar-refractivity contribution in [3.63, 3.8) is 0 Å². The molecule has 1 aliphatic rings. The van der Waals surface area contributed by atoms with Gasteiger partial charge < -0.3 is 15.5 Å². The zero-order valence-corrected chi connectivity index (χ0v) is 11.5. The van der Waals surface area contributed by atoms with Gasteiger partial charge in [0.25, 0.3) is 0 Å². The van der Waals surface area contributed by atoms with Crippen molar-refractivity contribution in [1.82, 2.24) is 15.1 Å². The molecule has 1 aromatic heterocycles. The smallest absolute Gasteiger partial charge is 0.315 e. The van der Waals surface area contributed by atoms with Crippen LogP contribution in [0.25, 0.3) is 0 Å². The Kier molecular flexibility index (Phi) is 3.66. The first-order chi connectivity index (χ1) is 9.76. The second-order valence-electron chi connectivity index (χ2n) is 5.13. The van der Waals surface area contributed by atoms with Crippen molar-refractivity contribution >= 4 is 6.01 Å². The van der Waals surface area contributed by atoms with Gasteiger partial charge in [-0.15, -0.1) is 5.10 Å². The van der Waals surface area contributed by atoms with Crippen molar-refractivity contribution in [3.05, 3.63) is 41.3 Å². The third kappa shape index (κ3) is 2.66. The van der Waals surface area contributed by atoms with E-state index in [1.54, 1.807) is 0 Å². The molecule has 0 bridgehead atoms. The maximum absolute atomic E-state index is 5.45. The van der Waals surface area contributed by atoms with Crippen LogP contribution in [0.2, 0.25) is 0 Å². The summed E-state index contributed by atoms with van der Waals surface area (Å²) in [6, 6.07) is 9.45. The van der Waals surface area contributed by atoms with Gasteiger partial charge in [0.05, 0.1) is 6.54 Å². The van der Waals surface area contributed by atoms with Crippen LogP contribution >= 0.6 is 0 Å². The minimum atomic E-state index is 0.269. The van der Waals surface area contributed by atoms with Crippen LogP contribution in [0, 0.1) is 0 Å². The van der Waals surface area contributed by atoms with Crippen LogP contribution in [0.5, 0.6) is 0 Å². The fourth-order valence-corrected chi connectivity index (χ4v) is 2.56. The van der Waals surface area contributed by atoms with E-state index in [9.17, 15) is 0 Å². The van der Waals surface area contributed by atoms with Gasteiger partial charge in [0.1, 0.15) is 0 Å². The number of hydrogen-bond donors (Lipinski definition) is 2. The normalized spacial score (nSPS) is 18.8. The van der Waals surface area contributed by atoms with Gasteiger partial charge in [0.2, 0.25) is 5.89 Å². The van der Waals surface area contributed by atoms with Crippen LogP contribution in [-0.2, 0) is 19.5 Å². The number of nitrogens with two attached hydrogens (primary N) is 1. The highest BCUT2D eigenvalue weighted by Gasteiger charge is 2.23. The number of fused-ring (bicyclic) bond motifs is 1. The standard InChI is InChI=1S/C14H19N5O/c1-19-9-11-5-3-2-4-10(11)6-12(19)8-16-14-18-17-13(7-15)20-14/h2-5,12H,6-9,15H2,1H3,(H,16,18). The van der Waals surface area contributed by atoms with E-state index in [2.05, 4.69) is 51.7 Å². The Morgan fingerprint density at radius 3 is 2.90 bits per heavy atom. The van der Waals surface area contributed by atoms with Crippen molar-refractivity contribution in [2.24, 2.45) is 5.73 Å². The highest BCUT2D eigenvalue weighted by molar-refractivity contribution is 5.30. The minimum absolute atomic E-state index is 0.269. The Labute approximate surface area is 118 Å². The first kappa shape index (κ1) is 13.1. The molecule has 6 nitrogen and oxygen atoms in total. The molecule has 1 unspecified atom stereocenters. The van der Waals surface area contributed by atoms with Crippen LogP contribution < -0.4 is 11.1 Å². The molecule has 0 fully saturated rings. The van der Waals surface area contributed by atoms with E-state index in [0.717, 1.165) is 19.5 Å². The molecule has 6 heteroatoms. The molecule has 0 spiro atoms. The van der Waals surface area contributed by atoms with Crippen molar-refractivity contribution in [2.45, 2.75) is 25.6 Å². The van der Waals surface area contributed by atoms with E-state index in [4.69, 9.17) is 10.2 Å². The zero-order chi connectivity index (χ0) is 13.9. The van der Waals surface area contributed by atoms with E-state index in [1.807, 2.05) is 0 Å². The third-order valence-electron chi connectivity index (χ3n) is 3.75. The molecular weight excluding hydrogens is 254 g/mol. The average molecular weight is 273 g/mol. The zero-order valence-electron chi connectivity index (χ0n) is 11.5. The molecule has 2 heterocycles. The average Bonchev–Trinajstić information content (AvgIpc) is 2.93. The Hall–Kier alpha value is -1.92. The number of likely N-dealkylation sites (N-methyl/N-ethyl adjacent to an activating group) is 1. The number of nitrogens with one attached hydrogen (secondary N) is 1. The summed E-state index contributed by atoms with van der Waals surface area (Å²) in [7, 11) is 2.14. The van der Waals surface area contributed by atoms with Crippen LogP contribution in [0.3, 0.4) is 0 Å². The SMILES string of the molecule is CN1Cc2ccccc2CC1CNc1nnc(CN)o1. The Morgan fingerprint density at radius 2 is 2.15 bits per heavy atom. The van der Waals surface area contributed by atoms with Crippen molar-refractivity contribution in [2.75, 3.05) is 18.9 Å². The van der Waals surface area contributed by atoms with E-state index in [1.165, 1.54) is 11.1 Å². The monoisotopic (exact) mass is 273 g/mol.